The molecule has 2 rings (SSSR count). The van der Waals surface area contributed by atoms with E-state index in [4.69, 9.17) is 0 Å². The van der Waals surface area contributed by atoms with Gasteiger partial charge in [-0.25, -0.2) is 0 Å². The van der Waals surface area contributed by atoms with E-state index in [1.807, 2.05) is 0 Å². The normalized spacial score (nSPS) is 16.1. The summed E-state index contributed by atoms with van der Waals surface area (Å²) < 4.78 is 40.6. The van der Waals surface area contributed by atoms with Gasteiger partial charge in [0.05, 0.1) is 0 Å². The molecule has 0 bridgehead atoms. The van der Waals surface area contributed by atoms with Gasteiger partial charge < -0.3 is 15.0 Å². The van der Waals surface area contributed by atoms with Crippen LogP contribution in [0.15, 0.2) is 24.3 Å². The minimum Gasteiger partial charge on any atom is -0.484 e. The molecule has 0 atom stereocenters. The highest BCUT2D eigenvalue weighted by Gasteiger charge is 2.28. The highest BCUT2D eigenvalue weighted by molar-refractivity contribution is 5.94. The van der Waals surface area contributed by atoms with Gasteiger partial charge in [0.15, 0.2) is 6.61 Å². The van der Waals surface area contributed by atoms with Gasteiger partial charge in [0.2, 0.25) is 0 Å². The number of alkyl halides is 3. The van der Waals surface area contributed by atoms with Crippen molar-refractivity contribution in [2.45, 2.75) is 6.18 Å². The van der Waals surface area contributed by atoms with Crippen molar-refractivity contribution in [2.24, 2.45) is 0 Å². The summed E-state index contributed by atoms with van der Waals surface area (Å²) in [7, 11) is 0. The van der Waals surface area contributed by atoms with Crippen molar-refractivity contribution in [3.05, 3.63) is 29.8 Å². The summed E-state index contributed by atoms with van der Waals surface area (Å²) in [6, 6.07) is 5.72. The fraction of sp³-hybridized carbons (Fsp3) is 0.462. The lowest BCUT2D eigenvalue weighted by Gasteiger charge is -2.27. The zero-order chi connectivity index (χ0) is 14.6. The molecule has 1 amide bonds. The SMILES string of the molecule is O=C(c1ccc(OCC(F)(F)F)cc1)N1CCNCC1. The zero-order valence-electron chi connectivity index (χ0n) is 10.7. The van der Waals surface area contributed by atoms with Crippen LogP contribution in [-0.4, -0.2) is 49.8 Å². The smallest absolute Gasteiger partial charge is 0.422 e. The molecule has 0 spiro atoms. The number of hydrogen-bond acceptors (Lipinski definition) is 3. The third-order valence-electron chi connectivity index (χ3n) is 2.91. The lowest BCUT2D eigenvalue weighted by atomic mass is 10.2. The summed E-state index contributed by atoms with van der Waals surface area (Å²) in [6.45, 7) is 1.42. The monoisotopic (exact) mass is 288 g/mol. The van der Waals surface area contributed by atoms with E-state index in [1.165, 1.54) is 24.3 Å². The number of benzene rings is 1. The van der Waals surface area contributed by atoms with Crippen LogP contribution in [0.1, 0.15) is 10.4 Å². The summed E-state index contributed by atoms with van der Waals surface area (Å²) in [6.07, 6.45) is -4.37. The van der Waals surface area contributed by atoms with E-state index < -0.39 is 12.8 Å². The summed E-state index contributed by atoms with van der Waals surface area (Å²) in [5.74, 6) is -0.0203. The lowest BCUT2D eigenvalue weighted by Crippen LogP contribution is -2.46. The summed E-state index contributed by atoms with van der Waals surface area (Å²) in [5, 5.41) is 3.14. The predicted octanol–water partition coefficient (Wildman–Crippen LogP) is 1.67. The van der Waals surface area contributed by atoms with E-state index in [0.29, 0.717) is 18.7 Å². The second-order valence-corrected chi connectivity index (χ2v) is 4.47. The van der Waals surface area contributed by atoms with Crippen molar-refractivity contribution in [3.8, 4) is 5.75 Å². The second kappa shape index (κ2) is 6.13. The number of rotatable bonds is 3. The molecule has 20 heavy (non-hydrogen) atoms. The molecule has 1 fully saturated rings. The second-order valence-electron chi connectivity index (χ2n) is 4.47. The Morgan fingerprint density at radius 1 is 1.20 bits per heavy atom. The van der Waals surface area contributed by atoms with E-state index in [-0.39, 0.29) is 11.7 Å². The van der Waals surface area contributed by atoms with Crippen LogP contribution < -0.4 is 10.1 Å². The molecule has 110 valence electrons. The van der Waals surface area contributed by atoms with Crippen molar-refractivity contribution in [1.82, 2.24) is 10.2 Å². The van der Waals surface area contributed by atoms with E-state index in [1.54, 1.807) is 4.90 Å². The molecule has 1 saturated heterocycles. The Bertz CT molecular complexity index is 454. The molecule has 1 aromatic rings. The van der Waals surface area contributed by atoms with Crippen molar-refractivity contribution in [3.63, 3.8) is 0 Å². The first-order valence-electron chi connectivity index (χ1n) is 6.25. The van der Waals surface area contributed by atoms with E-state index in [0.717, 1.165) is 13.1 Å². The predicted molar refractivity (Wildman–Crippen MR) is 66.8 cm³/mol. The van der Waals surface area contributed by atoms with Gasteiger partial charge in [0, 0.05) is 31.7 Å². The topological polar surface area (TPSA) is 41.6 Å². The largest absolute Gasteiger partial charge is 0.484 e. The summed E-state index contributed by atoms with van der Waals surface area (Å²) >= 11 is 0. The maximum atomic E-state index is 12.1. The number of ether oxygens (including phenoxy) is 1. The third-order valence-corrected chi connectivity index (χ3v) is 2.91. The van der Waals surface area contributed by atoms with Crippen LogP contribution in [0.25, 0.3) is 0 Å². The van der Waals surface area contributed by atoms with Gasteiger partial charge in [-0.3, -0.25) is 4.79 Å². The average molecular weight is 288 g/mol. The number of carbonyl (C=O) groups excluding carboxylic acids is 1. The van der Waals surface area contributed by atoms with Crippen LogP contribution in [0.3, 0.4) is 0 Å². The van der Waals surface area contributed by atoms with Crippen LogP contribution in [0.5, 0.6) is 5.75 Å². The van der Waals surface area contributed by atoms with E-state index in [9.17, 15) is 18.0 Å². The molecule has 1 aliphatic rings. The summed E-state index contributed by atoms with van der Waals surface area (Å²) in [5.41, 5.74) is 0.450. The Kier molecular flexibility index (Phi) is 4.49. The first-order valence-corrected chi connectivity index (χ1v) is 6.25. The number of piperazine rings is 1. The lowest BCUT2D eigenvalue weighted by molar-refractivity contribution is -0.153. The molecule has 0 saturated carbocycles. The number of carbonyl (C=O) groups is 1. The van der Waals surface area contributed by atoms with Gasteiger partial charge in [-0.1, -0.05) is 0 Å². The Morgan fingerprint density at radius 2 is 1.80 bits per heavy atom. The molecule has 0 radical (unpaired) electrons. The number of nitrogens with one attached hydrogen (secondary N) is 1. The zero-order valence-corrected chi connectivity index (χ0v) is 10.7. The highest BCUT2D eigenvalue weighted by atomic mass is 19.4. The average Bonchev–Trinajstić information content (AvgIpc) is 2.45. The Morgan fingerprint density at radius 3 is 2.35 bits per heavy atom. The molecule has 1 aromatic carbocycles. The molecule has 0 aromatic heterocycles. The fourth-order valence-electron chi connectivity index (χ4n) is 1.91. The number of halogens is 3. The van der Waals surface area contributed by atoms with Gasteiger partial charge in [-0.15, -0.1) is 0 Å². The van der Waals surface area contributed by atoms with Crippen molar-refractivity contribution in [2.75, 3.05) is 32.8 Å². The molecule has 4 nitrogen and oxygen atoms in total. The molecule has 7 heteroatoms. The van der Waals surface area contributed by atoms with E-state index >= 15 is 0 Å². The van der Waals surface area contributed by atoms with Crippen LogP contribution in [0, 0.1) is 0 Å². The standard InChI is InChI=1S/C13H15F3N2O2/c14-13(15,16)9-20-11-3-1-10(2-4-11)12(19)18-7-5-17-6-8-18/h1-4,17H,5-9H2. The van der Waals surface area contributed by atoms with Crippen molar-refractivity contribution < 1.29 is 22.7 Å². The van der Waals surface area contributed by atoms with Gasteiger partial charge in [-0.05, 0) is 24.3 Å². The molecule has 1 N–H and O–H groups in total. The maximum absolute atomic E-state index is 12.1. The maximum Gasteiger partial charge on any atom is 0.422 e. The quantitative estimate of drug-likeness (QED) is 0.920. The Labute approximate surface area is 114 Å². The van der Waals surface area contributed by atoms with Gasteiger partial charge in [-0.2, -0.15) is 13.2 Å². The molecule has 0 unspecified atom stereocenters. The third kappa shape index (κ3) is 4.12. The van der Waals surface area contributed by atoms with Gasteiger partial charge >= 0.3 is 6.18 Å². The van der Waals surface area contributed by atoms with Crippen LogP contribution in [0.4, 0.5) is 13.2 Å². The first kappa shape index (κ1) is 14.6. The fourth-order valence-corrected chi connectivity index (χ4v) is 1.91. The molecule has 1 aliphatic heterocycles. The van der Waals surface area contributed by atoms with Crippen LogP contribution >= 0.6 is 0 Å². The first-order chi connectivity index (χ1) is 9.46. The molecular formula is C13H15F3N2O2. The van der Waals surface area contributed by atoms with Gasteiger partial charge in [0.25, 0.3) is 5.91 Å². The number of amides is 1. The van der Waals surface area contributed by atoms with E-state index in [2.05, 4.69) is 10.1 Å². The number of nitrogens with zero attached hydrogens (tertiary/aromatic N) is 1. The minimum absolute atomic E-state index is 0.0965. The molecule has 1 heterocycles. The molecule has 0 aliphatic carbocycles. The minimum atomic E-state index is -4.37. The van der Waals surface area contributed by atoms with Crippen LogP contribution in [-0.2, 0) is 0 Å². The number of hydrogen-bond donors (Lipinski definition) is 1. The Balaban J connectivity index is 1.95. The highest BCUT2D eigenvalue weighted by Crippen LogP contribution is 2.19. The van der Waals surface area contributed by atoms with Gasteiger partial charge in [0.1, 0.15) is 5.75 Å². The summed E-state index contributed by atoms with van der Waals surface area (Å²) in [4.78, 5) is 13.8. The van der Waals surface area contributed by atoms with Crippen molar-refractivity contribution >= 4 is 5.91 Å². The molecular weight excluding hydrogens is 273 g/mol. The van der Waals surface area contributed by atoms with Crippen molar-refractivity contribution in [1.29, 1.82) is 0 Å². The Hall–Kier alpha value is -1.76. The van der Waals surface area contributed by atoms with Crippen LogP contribution in [0.2, 0.25) is 0 Å².